The molecule has 0 bridgehead atoms. The number of pyridine rings is 2. The van der Waals surface area contributed by atoms with Crippen LogP contribution in [0.2, 0.25) is 0 Å². The van der Waals surface area contributed by atoms with Crippen molar-refractivity contribution >= 4 is 0 Å². The molecular formula is C11H11N2+. The number of aryl methyl sites for hydroxylation is 1. The first kappa shape index (κ1) is 7.92. The highest BCUT2D eigenvalue weighted by Crippen LogP contribution is 2.12. The topological polar surface area (TPSA) is 16.8 Å². The fraction of sp³-hybridized carbons (Fsp3) is 0.0909. The van der Waals surface area contributed by atoms with Crippen LogP contribution in [-0.4, -0.2) is 4.98 Å². The molecule has 0 unspecified atom stereocenters. The Morgan fingerprint density at radius 1 is 1.08 bits per heavy atom. The molecule has 0 saturated heterocycles. The van der Waals surface area contributed by atoms with Crippen molar-refractivity contribution in [3.05, 3.63) is 48.9 Å². The summed E-state index contributed by atoms with van der Waals surface area (Å²) in [6, 6.07) is 10.0. The van der Waals surface area contributed by atoms with Gasteiger partial charge in [-0.25, -0.2) is 4.57 Å². The maximum absolute atomic E-state index is 4.27. The van der Waals surface area contributed by atoms with E-state index in [9.17, 15) is 0 Å². The van der Waals surface area contributed by atoms with E-state index in [1.807, 2.05) is 48.4 Å². The molecule has 0 aliphatic carbocycles. The summed E-state index contributed by atoms with van der Waals surface area (Å²) < 4.78 is 2.01. The molecule has 0 N–H and O–H groups in total. The maximum Gasteiger partial charge on any atom is 0.169 e. The number of aromatic nitrogens is 2. The smallest absolute Gasteiger partial charge is 0.169 e. The summed E-state index contributed by atoms with van der Waals surface area (Å²) in [7, 11) is 2.00. The third-order valence-corrected chi connectivity index (χ3v) is 1.94. The molecule has 0 atom stereocenters. The van der Waals surface area contributed by atoms with Gasteiger partial charge < -0.3 is 0 Å². The Labute approximate surface area is 77.5 Å². The Hall–Kier alpha value is -1.70. The minimum absolute atomic E-state index is 1.02. The Bertz CT molecular complexity index is 379. The van der Waals surface area contributed by atoms with Gasteiger partial charge in [0, 0.05) is 23.9 Å². The first-order valence-corrected chi connectivity index (χ1v) is 4.23. The Kier molecular flexibility index (Phi) is 2.04. The first-order chi connectivity index (χ1) is 6.36. The minimum Gasteiger partial charge on any atom is -0.256 e. The normalized spacial score (nSPS) is 9.92. The average molecular weight is 171 g/mol. The summed E-state index contributed by atoms with van der Waals surface area (Å²) in [6.07, 6.45) is 5.84. The summed E-state index contributed by atoms with van der Waals surface area (Å²) in [5.74, 6) is 0. The molecule has 0 saturated carbocycles. The zero-order valence-electron chi connectivity index (χ0n) is 7.51. The van der Waals surface area contributed by atoms with Crippen molar-refractivity contribution in [2.75, 3.05) is 0 Å². The van der Waals surface area contributed by atoms with Crippen LogP contribution < -0.4 is 4.57 Å². The van der Waals surface area contributed by atoms with Gasteiger partial charge in [0.1, 0.15) is 7.05 Å². The zero-order valence-corrected chi connectivity index (χ0v) is 7.51. The monoisotopic (exact) mass is 171 g/mol. The molecule has 0 fully saturated rings. The lowest BCUT2D eigenvalue weighted by atomic mass is 10.2. The van der Waals surface area contributed by atoms with Gasteiger partial charge in [-0.1, -0.05) is 6.07 Å². The lowest BCUT2D eigenvalue weighted by Gasteiger charge is -1.96. The van der Waals surface area contributed by atoms with E-state index in [1.54, 1.807) is 0 Å². The minimum atomic E-state index is 1.02. The third-order valence-electron chi connectivity index (χ3n) is 1.94. The number of rotatable bonds is 1. The molecule has 2 heterocycles. The Balaban J connectivity index is 2.42. The lowest BCUT2D eigenvalue weighted by molar-refractivity contribution is -0.671. The predicted octanol–water partition coefficient (Wildman–Crippen LogP) is 1.57. The van der Waals surface area contributed by atoms with Crippen molar-refractivity contribution in [3.8, 4) is 11.3 Å². The number of hydrogen-bond donors (Lipinski definition) is 0. The summed E-state index contributed by atoms with van der Waals surface area (Å²) in [5, 5.41) is 0. The molecule has 0 aromatic carbocycles. The van der Waals surface area contributed by atoms with Crippen molar-refractivity contribution in [1.82, 2.24) is 4.98 Å². The van der Waals surface area contributed by atoms with E-state index in [0.29, 0.717) is 0 Å². The van der Waals surface area contributed by atoms with E-state index in [1.165, 1.54) is 0 Å². The van der Waals surface area contributed by atoms with E-state index in [2.05, 4.69) is 17.1 Å². The molecular weight excluding hydrogens is 160 g/mol. The van der Waals surface area contributed by atoms with Gasteiger partial charge in [-0.15, -0.1) is 0 Å². The van der Waals surface area contributed by atoms with Crippen LogP contribution in [0.4, 0.5) is 0 Å². The van der Waals surface area contributed by atoms with Gasteiger partial charge in [-0.2, -0.15) is 0 Å². The molecule has 0 radical (unpaired) electrons. The molecule has 2 heteroatoms. The fourth-order valence-corrected chi connectivity index (χ4v) is 1.21. The van der Waals surface area contributed by atoms with Crippen molar-refractivity contribution in [2.45, 2.75) is 0 Å². The van der Waals surface area contributed by atoms with Gasteiger partial charge in [-0.3, -0.25) is 4.98 Å². The zero-order chi connectivity index (χ0) is 9.10. The lowest BCUT2D eigenvalue weighted by Crippen LogP contribution is -2.25. The van der Waals surface area contributed by atoms with Crippen LogP contribution in [0, 0.1) is 0 Å². The summed E-state index contributed by atoms with van der Waals surface area (Å²) in [6.45, 7) is 0. The van der Waals surface area contributed by atoms with Crippen LogP contribution in [-0.2, 0) is 7.05 Å². The summed E-state index contributed by atoms with van der Waals surface area (Å²) in [5.41, 5.74) is 2.17. The fourth-order valence-electron chi connectivity index (χ4n) is 1.21. The highest BCUT2D eigenvalue weighted by atomic mass is 14.9. The van der Waals surface area contributed by atoms with Crippen molar-refractivity contribution in [1.29, 1.82) is 0 Å². The average Bonchev–Trinajstić information content (AvgIpc) is 2.20. The molecule has 2 rings (SSSR count). The standard InChI is InChI=1S/C11H11N2/c1-13-8-5-10(6-9-13)11-4-2-3-7-12-11/h2-9H,1H3/q+1. The molecule has 0 spiro atoms. The SMILES string of the molecule is C[n+]1ccc(-c2ccccn2)cc1. The highest BCUT2D eigenvalue weighted by molar-refractivity contribution is 5.56. The maximum atomic E-state index is 4.27. The van der Waals surface area contributed by atoms with Gasteiger partial charge in [0.2, 0.25) is 0 Å². The third kappa shape index (κ3) is 1.72. The van der Waals surface area contributed by atoms with Crippen LogP contribution in [0.15, 0.2) is 48.9 Å². The van der Waals surface area contributed by atoms with Crippen molar-refractivity contribution in [3.63, 3.8) is 0 Å². The summed E-state index contributed by atoms with van der Waals surface area (Å²) in [4.78, 5) is 4.27. The van der Waals surface area contributed by atoms with Crippen molar-refractivity contribution in [2.24, 2.45) is 7.05 Å². The van der Waals surface area contributed by atoms with Gasteiger partial charge in [0.25, 0.3) is 0 Å². The molecule has 2 aromatic rings. The molecule has 13 heavy (non-hydrogen) atoms. The predicted molar refractivity (Wildman–Crippen MR) is 50.8 cm³/mol. The number of hydrogen-bond acceptors (Lipinski definition) is 1. The molecule has 64 valence electrons. The van der Waals surface area contributed by atoms with Crippen LogP contribution in [0.3, 0.4) is 0 Å². The number of nitrogens with zero attached hydrogens (tertiary/aromatic N) is 2. The van der Waals surface area contributed by atoms with E-state index < -0.39 is 0 Å². The van der Waals surface area contributed by atoms with E-state index in [0.717, 1.165) is 11.3 Å². The van der Waals surface area contributed by atoms with Crippen LogP contribution in [0.1, 0.15) is 0 Å². The van der Waals surface area contributed by atoms with Crippen LogP contribution >= 0.6 is 0 Å². The highest BCUT2D eigenvalue weighted by Gasteiger charge is 1.98. The van der Waals surface area contributed by atoms with Gasteiger partial charge in [-0.05, 0) is 12.1 Å². The van der Waals surface area contributed by atoms with Gasteiger partial charge in [0.05, 0.1) is 5.69 Å². The van der Waals surface area contributed by atoms with E-state index in [-0.39, 0.29) is 0 Å². The largest absolute Gasteiger partial charge is 0.256 e. The Morgan fingerprint density at radius 2 is 1.85 bits per heavy atom. The Morgan fingerprint density at radius 3 is 2.46 bits per heavy atom. The molecule has 0 aliphatic rings. The van der Waals surface area contributed by atoms with Gasteiger partial charge in [0.15, 0.2) is 12.4 Å². The molecule has 0 aliphatic heterocycles. The first-order valence-electron chi connectivity index (χ1n) is 4.23. The van der Waals surface area contributed by atoms with Crippen LogP contribution in [0.5, 0.6) is 0 Å². The summed E-state index contributed by atoms with van der Waals surface area (Å²) >= 11 is 0. The quantitative estimate of drug-likeness (QED) is 0.595. The molecule has 2 nitrogen and oxygen atoms in total. The molecule has 0 amide bonds. The second kappa shape index (κ2) is 3.35. The van der Waals surface area contributed by atoms with E-state index >= 15 is 0 Å². The second-order valence-corrected chi connectivity index (χ2v) is 2.97. The molecule has 2 aromatic heterocycles. The van der Waals surface area contributed by atoms with E-state index in [4.69, 9.17) is 0 Å². The van der Waals surface area contributed by atoms with Gasteiger partial charge >= 0.3 is 0 Å². The van der Waals surface area contributed by atoms with Crippen molar-refractivity contribution < 1.29 is 4.57 Å². The van der Waals surface area contributed by atoms with Crippen LogP contribution in [0.25, 0.3) is 11.3 Å². The second-order valence-electron chi connectivity index (χ2n) is 2.97.